The Balaban J connectivity index is 4.15. The fraction of sp³-hybridized carbons (Fsp3) is 0.846. The van der Waals surface area contributed by atoms with E-state index in [0.29, 0.717) is 12.8 Å². The van der Waals surface area contributed by atoms with Crippen LogP contribution in [0.15, 0.2) is 24.3 Å². The zero-order valence-electron chi connectivity index (χ0n) is 29.6. The van der Waals surface area contributed by atoms with Gasteiger partial charge < -0.3 is 14.7 Å². The molecule has 0 bridgehead atoms. The number of unbranched alkanes of at least 4 members (excludes halogenated alkanes) is 22. The number of Topliss-reactive ketones (excluding diaryl/α,β-unsaturated/α-hetero) is 2. The van der Waals surface area contributed by atoms with Crippen LogP contribution in [-0.2, 0) is 14.1 Å². The van der Waals surface area contributed by atoms with Crippen molar-refractivity contribution in [3.63, 3.8) is 0 Å². The minimum absolute atomic E-state index is 0.168. The average Bonchev–Trinajstić information content (AvgIpc) is 3.05. The molecule has 2 unspecified atom stereocenters. The van der Waals surface area contributed by atoms with E-state index in [1.54, 1.807) is 0 Å². The van der Waals surface area contributed by atoms with Crippen LogP contribution in [0.5, 0.6) is 0 Å². The van der Waals surface area contributed by atoms with Crippen molar-refractivity contribution in [2.45, 2.75) is 205 Å². The van der Waals surface area contributed by atoms with Gasteiger partial charge in [-0.25, -0.2) is 0 Å². The van der Waals surface area contributed by atoms with Gasteiger partial charge in [0.15, 0.2) is 11.6 Å². The summed E-state index contributed by atoms with van der Waals surface area (Å²) in [7, 11) is 2.00. The maximum absolute atomic E-state index is 13.2. The van der Waals surface area contributed by atoms with E-state index in [9.17, 15) is 19.8 Å². The van der Waals surface area contributed by atoms with Crippen LogP contribution < -0.4 is 0 Å². The molecule has 6 heteroatoms. The standard InChI is InChI=1S/C39H73O5P/c1-3-5-7-9-11-13-15-17-19-21-23-25-27-29-31-33-36(41)39(44-45,38(43)35-40)37(42)34-32-30-28-26-24-22-20-18-16-14-12-10-8-6-4-2/h17-20,38,40,43H,3-16,21-35,45H2,1-2H3/b19-17+,20-18+. The number of rotatable bonds is 35. The second kappa shape index (κ2) is 33.0. The van der Waals surface area contributed by atoms with Crippen LogP contribution in [0.3, 0.4) is 0 Å². The molecular weight excluding hydrogens is 579 g/mol. The van der Waals surface area contributed by atoms with E-state index in [1.165, 1.54) is 89.9 Å². The molecule has 0 fully saturated rings. The lowest BCUT2D eigenvalue weighted by Crippen LogP contribution is -2.57. The van der Waals surface area contributed by atoms with E-state index in [2.05, 4.69) is 38.2 Å². The molecule has 0 amide bonds. The number of ketones is 2. The monoisotopic (exact) mass is 653 g/mol. The predicted octanol–water partition coefficient (Wildman–Crippen LogP) is 11.1. The summed E-state index contributed by atoms with van der Waals surface area (Å²) in [6.07, 6.45) is 38.4. The van der Waals surface area contributed by atoms with Gasteiger partial charge in [-0.15, -0.1) is 0 Å². The van der Waals surface area contributed by atoms with Crippen LogP contribution in [0.25, 0.3) is 0 Å². The maximum atomic E-state index is 13.2. The molecule has 0 rings (SSSR count). The van der Waals surface area contributed by atoms with Crippen molar-refractivity contribution in [3.8, 4) is 0 Å². The van der Waals surface area contributed by atoms with Gasteiger partial charge in [0.2, 0.25) is 5.60 Å². The van der Waals surface area contributed by atoms with E-state index in [1.807, 2.05) is 9.47 Å². The van der Waals surface area contributed by atoms with Gasteiger partial charge in [0.25, 0.3) is 0 Å². The van der Waals surface area contributed by atoms with E-state index in [0.717, 1.165) is 64.2 Å². The number of allylic oxidation sites excluding steroid dienone is 4. The number of aliphatic hydroxyl groups excluding tert-OH is 2. The molecule has 0 aromatic heterocycles. The van der Waals surface area contributed by atoms with E-state index < -0.39 is 29.9 Å². The summed E-state index contributed by atoms with van der Waals surface area (Å²) >= 11 is 0. The van der Waals surface area contributed by atoms with Crippen LogP contribution in [0.1, 0.15) is 194 Å². The fourth-order valence-electron chi connectivity index (χ4n) is 5.95. The number of hydrogen-bond acceptors (Lipinski definition) is 5. The number of carbonyl (C=O) groups is 2. The van der Waals surface area contributed by atoms with Gasteiger partial charge in [-0.1, -0.05) is 141 Å². The van der Waals surface area contributed by atoms with Gasteiger partial charge in [-0.2, -0.15) is 0 Å². The first kappa shape index (κ1) is 44.1. The molecule has 264 valence electrons. The molecule has 0 aliphatic heterocycles. The van der Waals surface area contributed by atoms with Gasteiger partial charge in [-0.3, -0.25) is 9.59 Å². The number of carbonyl (C=O) groups excluding carboxylic acids is 2. The topological polar surface area (TPSA) is 83.8 Å². The van der Waals surface area contributed by atoms with Crippen molar-refractivity contribution in [1.29, 1.82) is 0 Å². The van der Waals surface area contributed by atoms with E-state index in [-0.39, 0.29) is 12.8 Å². The molecule has 0 aromatic carbocycles. The second-order valence-electron chi connectivity index (χ2n) is 13.1. The molecule has 0 radical (unpaired) electrons. The number of aliphatic hydroxyl groups is 2. The molecule has 5 nitrogen and oxygen atoms in total. The Labute approximate surface area is 281 Å². The molecular formula is C39H73O5P. The Morgan fingerprint density at radius 1 is 0.556 bits per heavy atom. The van der Waals surface area contributed by atoms with E-state index in [4.69, 9.17) is 4.52 Å². The highest BCUT2D eigenvalue weighted by Gasteiger charge is 2.50. The highest BCUT2D eigenvalue weighted by atomic mass is 31.0. The first-order valence-electron chi connectivity index (χ1n) is 19.0. The van der Waals surface area contributed by atoms with Crippen LogP contribution in [0.2, 0.25) is 0 Å². The van der Waals surface area contributed by atoms with Crippen LogP contribution >= 0.6 is 9.47 Å². The largest absolute Gasteiger partial charge is 0.394 e. The molecule has 0 saturated carbocycles. The van der Waals surface area contributed by atoms with Crippen molar-refractivity contribution < 1.29 is 24.3 Å². The highest BCUT2D eigenvalue weighted by Crippen LogP contribution is 2.28. The fourth-order valence-corrected chi connectivity index (χ4v) is 6.37. The van der Waals surface area contributed by atoms with Gasteiger partial charge in [0.05, 0.1) is 6.61 Å². The molecule has 2 atom stereocenters. The smallest absolute Gasteiger partial charge is 0.215 e. The summed E-state index contributed by atoms with van der Waals surface area (Å²) in [6, 6.07) is 0. The lowest BCUT2D eigenvalue weighted by Gasteiger charge is -2.33. The van der Waals surface area contributed by atoms with Crippen molar-refractivity contribution in [2.75, 3.05) is 6.61 Å². The summed E-state index contributed by atoms with van der Waals surface area (Å²) in [6.45, 7) is 3.81. The van der Waals surface area contributed by atoms with Gasteiger partial charge in [0.1, 0.15) is 6.10 Å². The highest BCUT2D eigenvalue weighted by molar-refractivity contribution is 7.10. The summed E-state index contributed by atoms with van der Waals surface area (Å²) in [5, 5.41) is 20.2. The van der Waals surface area contributed by atoms with Gasteiger partial charge in [0, 0.05) is 22.3 Å². The van der Waals surface area contributed by atoms with Crippen LogP contribution in [-0.4, -0.2) is 40.1 Å². The first-order valence-corrected chi connectivity index (χ1v) is 19.5. The molecule has 45 heavy (non-hydrogen) atoms. The third-order valence-electron chi connectivity index (χ3n) is 8.99. The lowest BCUT2D eigenvalue weighted by molar-refractivity contribution is -0.160. The third-order valence-corrected chi connectivity index (χ3v) is 9.36. The second-order valence-corrected chi connectivity index (χ2v) is 13.3. The molecule has 2 N–H and O–H groups in total. The summed E-state index contributed by atoms with van der Waals surface area (Å²) in [4.78, 5) is 26.4. The first-order chi connectivity index (χ1) is 22.0. The molecule has 0 aromatic rings. The minimum Gasteiger partial charge on any atom is -0.394 e. The molecule has 0 aliphatic carbocycles. The van der Waals surface area contributed by atoms with Crippen molar-refractivity contribution in [1.82, 2.24) is 0 Å². The Bertz CT molecular complexity index is 683. The molecule has 0 heterocycles. The predicted molar refractivity (Wildman–Crippen MR) is 196 cm³/mol. The normalized spacial score (nSPS) is 12.9. The quantitative estimate of drug-likeness (QED) is 0.0308. The van der Waals surface area contributed by atoms with Gasteiger partial charge >= 0.3 is 0 Å². The third kappa shape index (κ3) is 23.2. The van der Waals surface area contributed by atoms with Crippen LogP contribution in [0, 0.1) is 0 Å². The lowest BCUT2D eigenvalue weighted by atomic mass is 9.82. The van der Waals surface area contributed by atoms with Crippen molar-refractivity contribution >= 4 is 21.0 Å². The average molecular weight is 653 g/mol. The minimum atomic E-state index is -1.99. The zero-order valence-corrected chi connectivity index (χ0v) is 30.7. The zero-order chi connectivity index (χ0) is 33.3. The molecule has 0 aliphatic rings. The Morgan fingerprint density at radius 3 is 1.13 bits per heavy atom. The summed E-state index contributed by atoms with van der Waals surface area (Å²) in [5.74, 6) is -0.844. The molecule has 0 spiro atoms. The summed E-state index contributed by atoms with van der Waals surface area (Å²) in [5.41, 5.74) is -1.99. The van der Waals surface area contributed by atoms with Gasteiger partial charge in [-0.05, 0) is 64.2 Å². The van der Waals surface area contributed by atoms with Crippen LogP contribution in [0.4, 0.5) is 0 Å². The Morgan fingerprint density at radius 2 is 0.844 bits per heavy atom. The Kier molecular flexibility index (Phi) is 32.4. The van der Waals surface area contributed by atoms with E-state index >= 15 is 0 Å². The Hall–Kier alpha value is -0.870. The SMILES string of the molecule is CCCCCCCC/C=C/CCCCCCCC(=O)C(OP)(C(=O)CCCCCCC/C=C/CCCCCCCC)C(O)CO. The van der Waals surface area contributed by atoms with Crippen molar-refractivity contribution in [3.05, 3.63) is 24.3 Å². The number of hydrogen-bond donors (Lipinski definition) is 2. The summed E-state index contributed by atoms with van der Waals surface area (Å²) < 4.78 is 5.36. The van der Waals surface area contributed by atoms with Crippen molar-refractivity contribution in [2.24, 2.45) is 0 Å². The maximum Gasteiger partial charge on any atom is 0.215 e. The molecule has 0 saturated heterocycles.